The Morgan fingerprint density at radius 3 is 1.98 bits per heavy atom. The molecule has 0 radical (unpaired) electrons. The summed E-state index contributed by atoms with van der Waals surface area (Å²) >= 11 is 1.74. The molecule has 0 unspecified atom stereocenters. The summed E-state index contributed by atoms with van der Waals surface area (Å²) in [4.78, 5) is 8.27. The summed E-state index contributed by atoms with van der Waals surface area (Å²) < 4.78 is 7.60. The van der Waals surface area contributed by atoms with Gasteiger partial charge in [0.2, 0.25) is 0 Å². The molecule has 0 saturated heterocycles. The van der Waals surface area contributed by atoms with Gasteiger partial charge >= 0.3 is 0 Å². The number of hydrogen-bond acceptors (Lipinski definition) is 4. The Hall–Kier alpha value is -6.23. The molecule has 0 fully saturated rings. The first-order chi connectivity index (χ1) is 24.3. The molecule has 0 aliphatic carbocycles. The van der Waals surface area contributed by atoms with Crippen molar-refractivity contribution in [2.24, 2.45) is 0 Å². The van der Waals surface area contributed by atoms with E-state index in [4.69, 9.17) is 9.40 Å². The summed E-state index contributed by atoms with van der Waals surface area (Å²) in [6.07, 6.45) is 1.99. The second-order valence-electron chi connectivity index (χ2n) is 12.4. The zero-order valence-corrected chi connectivity index (χ0v) is 27.2. The highest BCUT2D eigenvalue weighted by molar-refractivity contribution is 7.25. The molecule has 10 rings (SSSR count). The van der Waals surface area contributed by atoms with E-state index < -0.39 is 0 Å². The second kappa shape index (κ2) is 11.2. The third kappa shape index (κ3) is 4.61. The Labute approximate surface area is 286 Å². The largest absolute Gasteiger partial charge is 0.456 e. The Kier molecular flexibility index (Phi) is 6.36. The molecule has 230 valence electrons. The topological polar surface area (TPSA) is 29.3 Å². The van der Waals surface area contributed by atoms with Gasteiger partial charge in [0.25, 0.3) is 0 Å². The van der Waals surface area contributed by atoms with E-state index in [2.05, 4.69) is 157 Å². The van der Waals surface area contributed by atoms with Crippen LogP contribution in [0.15, 0.2) is 174 Å². The average molecular weight is 645 g/mol. The van der Waals surface area contributed by atoms with Crippen LogP contribution < -0.4 is 4.90 Å². The van der Waals surface area contributed by atoms with Crippen molar-refractivity contribution in [3.05, 3.63) is 170 Å². The van der Waals surface area contributed by atoms with E-state index in [0.29, 0.717) is 0 Å². The SMILES string of the molecule is c1ccc2c(-c3ccc(N(c4ccc(-c5cnc6sc7ccccc7c6c5)cc4)c4cccc5oc6ccccc6c45)cc3)cccc2c1. The Morgan fingerprint density at radius 1 is 0.490 bits per heavy atom. The van der Waals surface area contributed by atoms with Crippen molar-refractivity contribution in [1.82, 2.24) is 4.98 Å². The molecule has 7 aromatic carbocycles. The highest BCUT2D eigenvalue weighted by Crippen LogP contribution is 2.44. The molecule has 0 spiro atoms. The normalized spacial score (nSPS) is 11.7. The van der Waals surface area contributed by atoms with Crippen LogP contribution in [0.4, 0.5) is 17.1 Å². The Morgan fingerprint density at radius 2 is 1.14 bits per heavy atom. The molecule has 0 amide bonds. The number of furan rings is 1. The predicted octanol–water partition coefficient (Wildman–Crippen LogP) is 13.3. The number of nitrogens with zero attached hydrogens (tertiary/aromatic N) is 2. The van der Waals surface area contributed by atoms with E-state index in [1.54, 1.807) is 11.3 Å². The highest BCUT2D eigenvalue weighted by Gasteiger charge is 2.20. The van der Waals surface area contributed by atoms with Crippen molar-refractivity contribution in [3.8, 4) is 22.3 Å². The fourth-order valence-electron chi connectivity index (χ4n) is 7.21. The van der Waals surface area contributed by atoms with Crippen molar-refractivity contribution in [1.29, 1.82) is 0 Å². The monoisotopic (exact) mass is 644 g/mol. The first-order valence-corrected chi connectivity index (χ1v) is 17.3. The molecule has 0 aliphatic heterocycles. The zero-order valence-electron chi connectivity index (χ0n) is 26.4. The lowest BCUT2D eigenvalue weighted by Crippen LogP contribution is -2.10. The standard InChI is InChI=1S/C45H28N2OS/c1-2-11-35-30(9-1)10-7-14-36(35)31-21-25-34(26-22-31)47(40-15-8-17-42-44(40)38-13-3-5-16-41(38)48-42)33-23-19-29(20-24-33)32-27-39-37-12-4-6-18-43(37)49-45(39)46-28-32/h1-28H. The van der Waals surface area contributed by atoms with E-state index in [0.717, 1.165) is 55.0 Å². The summed E-state index contributed by atoms with van der Waals surface area (Å²) in [5, 5.41) is 7.15. The quantitative estimate of drug-likeness (QED) is 0.187. The molecule has 0 saturated carbocycles. The molecule has 3 heterocycles. The van der Waals surface area contributed by atoms with Gasteiger partial charge in [0.05, 0.1) is 11.1 Å². The van der Waals surface area contributed by atoms with E-state index in [1.165, 1.54) is 37.4 Å². The van der Waals surface area contributed by atoms with Gasteiger partial charge in [0, 0.05) is 44.0 Å². The maximum atomic E-state index is 6.34. The lowest BCUT2D eigenvalue weighted by atomic mass is 9.98. The summed E-state index contributed by atoms with van der Waals surface area (Å²) in [7, 11) is 0. The summed E-state index contributed by atoms with van der Waals surface area (Å²) in [6.45, 7) is 0. The van der Waals surface area contributed by atoms with Gasteiger partial charge in [-0.1, -0.05) is 109 Å². The molecule has 49 heavy (non-hydrogen) atoms. The van der Waals surface area contributed by atoms with Gasteiger partial charge in [-0.25, -0.2) is 4.98 Å². The number of hydrogen-bond donors (Lipinski definition) is 0. The first-order valence-electron chi connectivity index (χ1n) is 16.4. The van der Waals surface area contributed by atoms with Crippen molar-refractivity contribution >= 4 is 81.4 Å². The van der Waals surface area contributed by atoms with Crippen LogP contribution in [0.1, 0.15) is 0 Å². The number of para-hydroxylation sites is 1. The third-order valence-electron chi connectivity index (χ3n) is 9.54. The molecule has 3 aromatic heterocycles. The summed E-state index contributed by atoms with van der Waals surface area (Å²) in [6, 6.07) is 58.3. The maximum Gasteiger partial charge on any atom is 0.137 e. The van der Waals surface area contributed by atoms with Gasteiger partial charge in [-0.2, -0.15) is 0 Å². The number of fused-ring (bicyclic) bond motifs is 7. The zero-order chi connectivity index (χ0) is 32.3. The lowest BCUT2D eigenvalue weighted by molar-refractivity contribution is 0.669. The minimum Gasteiger partial charge on any atom is -0.456 e. The first kappa shape index (κ1) is 27.8. The summed E-state index contributed by atoms with van der Waals surface area (Å²) in [5.74, 6) is 0. The van der Waals surface area contributed by atoms with Crippen molar-refractivity contribution in [3.63, 3.8) is 0 Å². The van der Waals surface area contributed by atoms with Crippen LogP contribution >= 0.6 is 11.3 Å². The number of rotatable bonds is 5. The Balaban J connectivity index is 1.11. The van der Waals surface area contributed by atoms with Crippen LogP contribution in [0.3, 0.4) is 0 Å². The van der Waals surface area contributed by atoms with E-state index in [-0.39, 0.29) is 0 Å². The fraction of sp³-hybridized carbons (Fsp3) is 0. The lowest BCUT2D eigenvalue weighted by Gasteiger charge is -2.26. The van der Waals surface area contributed by atoms with E-state index in [9.17, 15) is 0 Å². The smallest absolute Gasteiger partial charge is 0.137 e. The van der Waals surface area contributed by atoms with Gasteiger partial charge in [-0.3, -0.25) is 0 Å². The molecule has 0 N–H and O–H groups in total. The molecule has 3 nitrogen and oxygen atoms in total. The Bertz CT molecular complexity index is 2820. The number of benzene rings is 7. The third-order valence-corrected chi connectivity index (χ3v) is 10.6. The summed E-state index contributed by atoms with van der Waals surface area (Å²) in [5.41, 5.74) is 9.62. The van der Waals surface area contributed by atoms with Crippen LogP contribution in [0, 0.1) is 0 Å². The number of thiophene rings is 1. The van der Waals surface area contributed by atoms with Crippen molar-refractivity contribution in [2.75, 3.05) is 4.90 Å². The van der Waals surface area contributed by atoms with Crippen LogP contribution in [0.5, 0.6) is 0 Å². The van der Waals surface area contributed by atoms with E-state index in [1.807, 2.05) is 18.3 Å². The van der Waals surface area contributed by atoms with Crippen LogP contribution in [-0.2, 0) is 0 Å². The molecule has 0 atom stereocenters. The fourth-order valence-corrected chi connectivity index (χ4v) is 8.23. The van der Waals surface area contributed by atoms with Crippen molar-refractivity contribution < 1.29 is 4.42 Å². The maximum absolute atomic E-state index is 6.34. The van der Waals surface area contributed by atoms with Crippen molar-refractivity contribution in [2.45, 2.75) is 0 Å². The molecule has 0 bridgehead atoms. The van der Waals surface area contributed by atoms with Crippen LogP contribution in [0.25, 0.3) is 75.3 Å². The van der Waals surface area contributed by atoms with Gasteiger partial charge in [0.15, 0.2) is 0 Å². The predicted molar refractivity (Wildman–Crippen MR) is 207 cm³/mol. The molecule has 10 aromatic rings. The molecule has 4 heteroatoms. The van der Waals surface area contributed by atoms with Gasteiger partial charge < -0.3 is 9.32 Å². The van der Waals surface area contributed by atoms with Crippen LogP contribution in [-0.4, -0.2) is 4.98 Å². The number of anilines is 3. The molecular formula is C45H28N2OS. The minimum absolute atomic E-state index is 0.870. The average Bonchev–Trinajstić information content (AvgIpc) is 3.74. The molecule has 0 aliphatic rings. The van der Waals surface area contributed by atoms with E-state index >= 15 is 0 Å². The number of pyridine rings is 1. The molecular weight excluding hydrogens is 617 g/mol. The van der Waals surface area contributed by atoms with Gasteiger partial charge in [-0.05, 0) is 82.1 Å². The van der Waals surface area contributed by atoms with Gasteiger partial charge in [0.1, 0.15) is 16.0 Å². The minimum atomic E-state index is 0.870. The van der Waals surface area contributed by atoms with Crippen LogP contribution in [0.2, 0.25) is 0 Å². The number of aromatic nitrogens is 1. The van der Waals surface area contributed by atoms with Gasteiger partial charge in [-0.15, -0.1) is 11.3 Å². The highest BCUT2D eigenvalue weighted by atomic mass is 32.1. The second-order valence-corrected chi connectivity index (χ2v) is 13.4.